The Labute approximate surface area is 117 Å². The summed E-state index contributed by atoms with van der Waals surface area (Å²) >= 11 is 6.16. The number of nitrogens with zero attached hydrogens (tertiary/aromatic N) is 1. The first-order valence-corrected chi connectivity index (χ1v) is 6.21. The number of para-hydroxylation sites is 1. The Hall–Kier alpha value is -2.02. The predicted octanol–water partition coefficient (Wildman–Crippen LogP) is 4.02. The van der Waals surface area contributed by atoms with Gasteiger partial charge in [-0.2, -0.15) is 5.26 Å². The molecule has 0 saturated carbocycles. The number of halogens is 1. The van der Waals surface area contributed by atoms with Gasteiger partial charge in [0, 0.05) is 6.04 Å². The van der Waals surface area contributed by atoms with E-state index in [1.165, 1.54) is 0 Å². The van der Waals surface area contributed by atoms with Gasteiger partial charge in [-0.3, -0.25) is 0 Å². The summed E-state index contributed by atoms with van der Waals surface area (Å²) in [5, 5.41) is 9.48. The van der Waals surface area contributed by atoms with Gasteiger partial charge in [0.2, 0.25) is 0 Å². The molecule has 96 valence electrons. The molecule has 0 amide bonds. The first-order chi connectivity index (χ1) is 9.11. The van der Waals surface area contributed by atoms with Crippen molar-refractivity contribution in [3.8, 4) is 17.6 Å². The number of benzene rings is 2. The van der Waals surface area contributed by atoms with Crippen LogP contribution in [-0.4, -0.2) is 0 Å². The van der Waals surface area contributed by atoms with Gasteiger partial charge in [0.05, 0.1) is 10.6 Å². The standard InChI is InChI=1S/C15H13ClN2O/c1-10(18)11-6-7-15(13(16)8-11)19-14-5-3-2-4-12(14)9-17/h2-8,10H,18H2,1H3. The van der Waals surface area contributed by atoms with E-state index in [1.54, 1.807) is 36.4 Å². The summed E-state index contributed by atoms with van der Waals surface area (Å²) in [5.74, 6) is 0.995. The lowest BCUT2D eigenvalue weighted by atomic mass is 10.1. The summed E-state index contributed by atoms with van der Waals surface area (Å²) in [4.78, 5) is 0. The zero-order chi connectivity index (χ0) is 13.8. The van der Waals surface area contributed by atoms with Crippen LogP contribution in [0.15, 0.2) is 42.5 Å². The number of nitriles is 1. The molecular formula is C15H13ClN2O. The average molecular weight is 273 g/mol. The molecule has 0 spiro atoms. The van der Waals surface area contributed by atoms with E-state index >= 15 is 0 Å². The smallest absolute Gasteiger partial charge is 0.146 e. The van der Waals surface area contributed by atoms with Gasteiger partial charge in [0.1, 0.15) is 17.6 Å². The molecule has 0 aliphatic rings. The molecule has 0 aliphatic carbocycles. The van der Waals surface area contributed by atoms with Crippen molar-refractivity contribution in [1.82, 2.24) is 0 Å². The Morgan fingerprint density at radius 1 is 1.21 bits per heavy atom. The van der Waals surface area contributed by atoms with Crippen LogP contribution < -0.4 is 10.5 Å². The molecule has 0 bridgehead atoms. The lowest BCUT2D eigenvalue weighted by Gasteiger charge is -2.11. The van der Waals surface area contributed by atoms with Crippen LogP contribution in [0, 0.1) is 11.3 Å². The van der Waals surface area contributed by atoms with Crippen molar-refractivity contribution in [2.24, 2.45) is 5.73 Å². The molecule has 4 heteroatoms. The molecule has 1 atom stereocenters. The van der Waals surface area contributed by atoms with E-state index in [-0.39, 0.29) is 6.04 Å². The van der Waals surface area contributed by atoms with Gasteiger partial charge in [0.25, 0.3) is 0 Å². The second kappa shape index (κ2) is 5.75. The molecule has 0 radical (unpaired) electrons. The van der Waals surface area contributed by atoms with Gasteiger partial charge in [0.15, 0.2) is 0 Å². The summed E-state index contributed by atoms with van der Waals surface area (Å²) in [6.45, 7) is 1.89. The van der Waals surface area contributed by atoms with E-state index in [4.69, 9.17) is 27.3 Å². The molecule has 0 aliphatic heterocycles. The number of hydrogen-bond acceptors (Lipinski definition) is 3. The van der Waals surface area contributed by atoms with Crippen LogP contribution in [-0.2, 0) is 0 Å². The summed E-state index contributed by atoms with van der Waals surface area (Å²) < 4.78 is 5.67. The van der Waals surface area contributed by atoms with Gasteiger partial charge in [-0.25, -0.2) is 0 Å². The summed E-state index contributed by atoms with van der Waals surface area (Å²) in [5.41, 5.74) is 7.19. The van der Waals surface area contributed by atoms with Crippen LogP contribution in [0.25, 0.3) is 0 Å². The summed E-state index contributed by atoms with van der Waals surface area (Å²) in [6, 6.07) is 14.4. The lowest BCUT2D eigenvalue weighted by Crippen LogP contribution is -2.04. The van der Waals surface area contributed by atoms with E-state index in [1.807, 2.05) is 13.0 Å². The highest BCUT2D eigenvalue weighted by Gasteiger charge is 2.09. The first-order valence-electron chi connectivity index (χ1n) is 5.84. The Morgan fingerprint density at radius 3 is 2.58 bits per heavy atom. The maximum atomic E-state index is 9.00. The minimum Gasteiger partial charge on any atom is -0.454 e. The number of nitrogens with two attached hydrogens (primary N) is 1. The molecule has 0 heterocycles. The van der Waals surface area contributed by atoms with Crippen molar-refractivity contribution in [2.45, 2.75) is 13.0 Å². The topological polar surface area (TPSA) is 59.0 Å². The second-order valence-electron chi connectivity index (χ2n) is 4.19. The van der Waals surface area contributed by atoms with Crippen LogP contribution in [0.5, 0.6) is 11.5 Å². The third-order valence-corrected chi connectivity index (χ3v) is 3.00. The van der Waals surface area contributed by atoms with E-state index in [9.17, 15) is 0 Å². The Balaban J connectivity index is 2.32. The monoisotopic (exact) mass is 272 g/mol. The minimum atomic E-state index is -0.0852. The SMILES string of the molecule is CC(N)c1ccc(Oc2ccccc2C#N)c(Cl)c1. The van der Waals surface area contributed by atoms with Gasteiger partial charge in [-0.15, -0.1) is 0 Å². The van der Waals surface area contributed by atoms with Crippen molar-refractivity contribution in [1.29, 1.82) is 5.26 Å². The van der Waals surface area contributed by atoms with E-state index in [0.717, 1.165) is 5.56 Å². The highest BCUT2D eigenvalue weighted by Crippen LogP contribution is 2.32. The van der Waals surface area contributed by atoms with Gasteiger partial charge in [-0.05, 0) is 36.8 Å². The summed E-state index contributed by atoms with van der Waals surface area (Å²) in [7, 11) is 0. The number of rotatable bonds is 3. The van der Waals surface area contributed by atoms with Crippen LogP contribution in [0.2, 0.25) is 5.02 Å². The largest absolute Gasteiger partial charge is 0.454 e. The van der Waals surface area contributed by atoms with Crippen LogP contribution in [0.1, 0.15) is 24.1 Å². The highest BCUT2D eigenvalue weighted by atomic mass is 35.5. The third kappa shape index (κ3) is 3.05. The Morgan fingerprint density at radius 2 is 1.95 bits per heavy atom. The molecule has 2 N–H and O–H groups in total. The lowest BCUT2D eigenvalue weighted by molar-refractivity contribution is 0.481. The van der Waals surface area contributed by atoms with Crippen molar-refractivity contribution in [3.63, 3.8) is 0 Å². The molecule has 0 saturated heterocycles. The second-order valence-corrected chi connectivity index (χ2v) is 4.60. The molecule has 1 unspecified atom stereocenters. The highest BCUT2D eigenvalue weighted by molar-refractivity contribution is 6.32. The fourth-order valence-corrected chi connectivity index (χ4v) is 1.88. The molecule has 0 aromatic heterocycles. The van der Waals surface area contributed by atoms with Crippen molar-refractivity contribution < 1.29 is 4.74 Å². The van der Waals surface area contributed by atoms with Crippen LogP contribution in [0.4, 0.5) is 0 Å². The van der Waals surface area contributed by atoms with Gasteiger partial charge < -0.3 is 10.5 Å². The van der Waals surface area contributed by atoms with Gasteiger partial charge in [-0.1, -0.05) is 29.8 Å². The van der Waals surface area contributed by atoms with Crippen molar-refractivity contribution in [3.05, 3.63) is 58.6 Å². The minimum absolute atomic E-state index is 0.0852. The molecule has 0 fully saturated rings. The van der Waals surface area contributed by atoms with Crippen LogP contribution >= 0.6 is 11.6 Å². The van der Waals surface area contributed by atoms with E-state index < -0.39 is 0 Å². The Bertz CT molecular complexity index is 632. The van der Waals surface area contributed by atoms with E-state index in [0.29, 0.717) is 22.1 Å². The van der Waals surface area contributed by atoms with Gasteiger partial charge >= 0.3 is 0 Å². The molecular weight excluding hydrogens is 260 g/mol. The summed E-state index contributed by atoms with van der Waals surface area (Å²) in [6.07, 6.45) is 0. The average Bonchev–Trinajstić information content (AvgIpc) is 2.41. The molecule has 19 heavy (non-hydrogen) atoms. The normalized spacial score (nSPS) is 11.7. The Kier molecular flexibility index (Phi) is 4.06. The molecule has 3 nitrogen and oxygen atoms in total. The maximum absolute atomic E-state index is 9.00. The third-order valence-electron chi connectivity index (χ3n) is 2.71. The number of hydrogen-bond donors (Lipinski definition) is 1. The predicted molar refractivity (Wildman–Crippen MR) is 75.3 cm³/mol. The zero-order valence-electron chi connectivity index (χ0n) is 10.4. The fraction of sp³-hybridized carbons (Fsp3) is 0.133. The molecule has 2 aromatic carbocycles. The number of ether oxygens (including phenoxy) is 1. The zero-order valence-corrected chi connectivity index (χ0v) is 11.2. The molecule has 2 aromatic rings. The van der Waals surface area contributed by atoms with Crippen LogP contribution in [0.3, 0.4) is 0 Å². The maximum Gasteiger partial charge on any atom is 0.146 e. The fourth-order valence-electron chi connectivity index (χ4n) is 1.65. The molecule has 2 rings (SSSR count). The first kappa shape index (κ1) is 13.4. The van der Waals surface area contributed by atoms with E-state index in [2.05, 4.69) is 6.07 Å². The van der Waals surface area contributed by atoms with Crippen molar-refractivity contribution in [2.75, 3.05) is 0 Å². The quantitative estimate of drug-likeness (QED) is 0.918. The van der Waals surface area contributed by atoms with Crippen molar-refractivity contribution >= 4 is 11.6 Å².